The van der Waals surface area contributed by atoms with E-state index in [1.165, 1.54) is 0 Å². The van der Waals surface area contributed by atoms with Crippen LogP contribution in [0, 0.1) is 19.3 Å². The Bertz CT molecular complexity index is 552. The van der Waals surface area contributed by atoms with Gasteiger partial charge in [-0.25, -0.2) is 0 Å². The molecule has 1 fully saturated rings. The molecule has 1 amide bonds. The Morgan fingerprint density at radius 2 is 2.14 bits per heavy atom. The molecular formula is C15H23N3O3. The van der Waals surface area contributed by atoms with Gasteiger partial charge in [0.25, 0.3) is 0 Å². The third-order valence-corrected chi connectivity index (χ3v) is 4.21. The zero-order chi connectivity index (χ0) is 15.6. The number of aromatic nitrogens is 2. The van der Waals surface area contributed by atoms with E-state index in [0.29, 0.717) is 32.5 Å². The van der Waals surface area contributed by atoms with Crippen LogP contribution >= 0.6 is 0 Å². The molecule has 1 aliphatic heterocycles. The summed E-state index contributed by atoms with van der Waals surface area (Å²) in [5.74, 6) is -0.812. The summed E-state index contributed by atoms with van der Waals surface area (Å²) in [5, 5.41) is 13.6. The molecule has 6 nitrogen and oxygen atoms in total. The predicted octanol–water partition coefficient (Wildman–Crippen LogP) is 1.60. The van der Waals surface area contributed by atoms with E-state index >= 15 is 0 Å². The largest absolute Gasteiger partial charge is 0.481 e. The monoisotopic (exact) mass is 293 g/mol. The molecule has 0 saturated carbocycles. The summed E-state index contributed by atoms with van der Waals surface area (Å²) in [5.41, 5.74) is 1.16. The van der Waals surface area contributed by atoms with E-state index in [0.717, 1.165) is 17.8 Å². The van der Waals surface area contributed by atoms with Crippen molar-refractivity contribution in [3.05, 3.63) is 17.5 Å². The van der Waals surface area contributed by atoms with Gasteiger partial charge in [0.2, 0.25) is 5.91 Å². The molecule has 2 rings (SSSR count). The normalized spacial score (nSPS) is 22.3. The Morgan fingerprint density at radius 1 is 1.43 bits per heavy atom. The Morgan fingerprint density at radius 3 is 2.71 bits per heavy atom. The van der Waals surface area contributed by atoms with Crippen LogP contribution in [0.25, 0.3) is 0 Å². The number of aryl methyl sites for hydroxylation is 3. The number of hydrogen-bond acceptors (Lipinski definition) is 3. The number of nitrogens with zero attached hydrogens (tertiary/aromatic N) is 3. The Kier molecular flexibility index (Phi) is 4.34. The Hall–Kier alpha value is -1.85. The molecule has 2 heterocycles. The molecule has 1 unspecified atom stereocenters. The van der Waals surface area contributed by atoms with Gasteiger partial charge in [0.1, 0.15) is 0 Å². The van der Waals surface area contributed by atoms with Crippen molar-refractivity contribution in [2.75, 3.05) is 13.1 Å². The smallest absolute Gasteiger partial charge is 0.311 e. The van der Waals surface area contributed by atoms with E-state index in [4.69, 9.17) is 0 Å². The van der Waals surface area contributed by atoms with Crippen molar-refractivity contribution in [3.63, 3.8) is 0 Å². The lowest BCUT2D eigenvalue weighted by Gasteiger charge is -2.37. The molecule has 116 valence electrons. The highest BCUT2D eigenvalue weighted by Gasteiger charge is 2.39. The molecule has 0 bridgehead atoms. The number of amides is 1. The fourth-order valence-electron chi connectivity index (χ4n) is 2.89. The summed E-state index contributed by atoms with van der Waals surface area (Å²) < 4.78 is 1.83. The quantitative estimate of drug-likeness (QED) is 0.915. The van der Waals surface area contributed by atoms with Crippen molar-refractivity contribution in [2.45, 2.75) is 46.6 Å². The lowest BCUT2D eigenvalue weighted by atomic mass is 9.82. The minimum absolute atomic E-state index is 0.00901. The summed E-state index contributed by atoms with van der Waals surface area (Å²) in [7, 11) is 0. The van der Waals surface area contributed by atoms with E-state index in [2.05, 4.69) is 5.10 Å². The first-order valence-corrected chi connectivity index (χ1v) is 7.34. The number of piperidine rings is 1. The van der Waals surface area contributed by atoms with Crippen molar-refractivity contribution in [1.29, 1.82) is 0 Å². The molecule has 1 aromatic heterocycles. The molecule has 0 spiro atoms. The fourth-order valence-corrected chi connectivity index (χ4v) is 2.89. The topological polar surface area (TPSA) is 75.4 Å². The van der Waals surface area contributed by atoms with Gasteiger partial charge in [0.05, 0.1) is 11.1 Å². The molecule has 1 aromatic rings. The highest BCUT2D eigenvalue weighted by atomic mass is 16.4. The van der Waals surface area contributed by atoms with Gasteiger partial charge in [-0.2, -0.15) is 5.10 Å². The third-order valence-electron chi connectivity index (χ3n) is 4.21. The van der Waals surface area contributed by atoms with Gasteiger partial charge in [0.15, 0.2) is 0 Å². The van der Waals surface area contributed by atoms with Crippen LogP contribution < -0.4 is 0 Å². The standard InChI is InChI=1S/C15H23N3O3/c1-11-9-12(2)18(16-11)8-5-13(19)17-7-4-6-15(3,10-17)14(20)21/h9H,4-8,10H2,1-3H3,(H,20,21). The number of carbonyl (C=O) groups is 2. The maximum absolute atomic E-state index is 12.3. The molecule has 1 N–H and O–H groups in total. The van der Waals surface area contributed by atoms with E-state index in [1.807, 2.05) is 24.6 Å². The van der Waals surface area contributed by atoms with Crippen LogP contribution in [0.2, 0.25) is 0 Å². The SMILES string of the molecule is Cc1cc(C)n(CCC(=O)N2CCCC(C)(C(=O)O)C2)n1. The summed E-state index contributed by atoms with van der Waals surface area (Å²) in [6.45, 7) is 7.10. The van der Waals surface area contributed by atoms with E-state index < -0.39 is 11.4 Å². The number of rotatable bonds is 4. The molecule has 0 radical (unpaired) electrons. The van der Waals surface area contributed by atoms with Gasteiger partial charge in [-0.15, -0.1) is 0 Å². The molecule has 1 saturated heterocycles. The molecule has 6 heteroatoms. The Labute approximate surface area is 124 Å². The van der Waals surface area contributed by atoms with Crippen LogP contribution in [0.5, 0.6) is 0 Å². The van der Waals surface area contributed by atoms with Gasteiger partial charge in [-0.1, -0.05) is 0 Å². The van der Waals surface area contributed by atoms with Crippen LogP contribution in [-0.2, 0) is 16.1 Å². The van der Waals surface area contributed by atoms with Crippen molar-refractivity contribution in [2.24, 2.45) is 5.41 Å². The third kappa shape index (κ3) is 3.43. The lowest BCUT2D eigenvalue weighted by Crippen LogP contribution is -2.48. The molecule has 0 aliphatic carbocycles. The predicted molar refractivity (Wildman–Crippen MR) is 77.9 cm³/mol. The van der Waals surface area contributed by atoms with Crippen LogP contribution in [0.1, 0.15) is 37.6 Å². The molecule has 21 heavy (non-hydrogen) atoms. The maximum atomic E-state index is 12.3. The number of carbonyl (C=O) groups excluding carboxylic acids is 1. The van der Waals surface area contributed by atoms with Gasteiger partial charge in [-0.05, 0) is 39.7 Å². The van der Waals surface area contributed by atoms with Crippen molar-refractivity contribution in [3.8, 4) is 0 Å². The molecule has 0 aromatic carbocycles. The van der Waals surface area contributed by atoms with Gasteiger partial charge in [0, 0.05) is 31.7 Å². The van der Waals surface area contributed by atoms with Crippen LogP contribution in [-0.4, -0.2) is 44.8 Å². The highest BCUT2D eigenvalue weighted by molar-refractivity contribution is 5.79. The zero-order valence-electron chi connectivity index (χ0n) is 12.9. The first kappa shape index (κ1) is 15.5. The summed E-state index contributed by atoms with van der Waals surface area (Å²) >= 11 is 0. The summed E-state index contributed by atoms with van der Waals surface area (Å²) in [6.07, 6.45) is 1.73. The fraction of sp³-hybridized carbons (Fsp3) is 0.667. The maximum Gasteiger partial charge on any atom is 0.311 e. The van der Waals surface area contributed by atoms with E-state index in [-0.39, 0.29) is 5.91 Å². The first-order chi connectivity index (χ1) is 9.82. The number of carboxylic acid groups (broad SMARTS) is 1. The number of likely N-dealkylation sites (tertiary alicyclic amines) is 1. The lowest BCUT2D eigenvalue weighted by molar-refractivity contribution is -0.153. The summed E-state index contributed by atoms with van der Waals surface area (Å²) in [6, 6.07) is 1.98. The second-order valence-corrected chi connectivity index (χ2v) is 6.18. The molecule has 1 aliphatic rings. The van der Waals surface area contributed by atoms with Crippen LogP contribution in [0.15, 0.2) is 6.07 Å². The van der Waals surface area contributed by atoms with E-state index in [9.17, 15) is 14.7 Å². The number of hydrogen-bond donors (Lipinski definition) is 1. The number of aliphatic carboxylic acids is 1. The minimum atomic E-state index is -0.821. The van der Waals surface area contributed by atoms with Crippen molar-refractivity contribution < 1.29 is 14.7 Å². The highest BCUT2D eigenvalue weighted by Crippen LogP contribution is 2.29. The average molecular weight is 293 g/mol. The van der Waals surface area contributed by atoms with Crippen molar-refractivity contribution in [1.82, 2.24) is 14.7 Å². The van der Waals surface area contributed by atoms with E-state index in [1.54, 1.807) is 11.8 Å². The van der Waals surface area contributed by atoms with Gasteiger partial charge in [-0.3, -0.25) is 14.3 Å². The zero-order valence-corrected chi connectivity index (χ0v) is 12.9. The minimum Gasteiger partial charge on any atom is -0.481 e. The first-order valence-electron chi connectivity index (χ1n) is 7.34. The van der Waals surface area contributed by atoms with Gasteiger partial charge < -0.3 is 10.0 Å². The summed E-state index contributed by atoms with van der Waals surface area (Å²) in [4.78, 5) is 25.3. The van der Waals surface area contributed by atoms with Crippen molar-refractivity contribution >= 4 is 11.9 Å². The second-order valence-electron chi connectivity index (χ2n) is 6.18. The Balaban J connectivity index is 1.94. The molecular weight excluding hydrogens is 270 g/mol. The van der Waals surface area contributed by atoms with Crippen LogP contribution in [0.3, 0.4) is 0 Å². The average Bonchev–Trinajstić information content (AvgIpc) is 2.74. The van der Waals surface area contributed by atoms with Crippen LogP contribution in [0.4, 0.5) is 0 Å². The molecule has 1 atom stereocenters. The second kappa shape index (κ2) is 5.87. The number of carboxylic acids is 1. The van der Waals surface area contributed by atoms with Gasteiger partial charge >= 0.3 is 5.97 Å².